The van der Waals surface area contributed by atoms with Crippen molar-refractivity contribution in [1.82, 2.24) is 4.98 Å². The number of alkyl halides is 3. The number of nitrogens with two attached hydrogens (primary N) is 1. The van der Waals surface area contributed by atoms with Crippen LogP contribution in [0.25, 0.3) is 0 Å². The maximum absolute atomic E-state index is 12.3. The van der Waals surface area contributed by atoms with Crippen LogP contribution in [0.15, 0.2) is 10.7 Å². The number of hydrogen-bond donors (Lipinski definition) is 1. The van der Waals surface area contributed by atoms with Gasteiger partial charge in [-0.15, -0.1) is 0 Å². The Hall–Kier alpha value is -0.980. The van der Waals surface area contributed by atoms with Gasteiger partial charge >= 0.3 is 6.18 Å². The predicted molar refractivity (Wildman–Crippen MR) is 47.9 cm³/mol. The van der Waals surface area contributed by atoms with Crippen LogP contribution in [-0.4, -0.2) is 12.1 Å². The molecule has 14 heavy (non-hydrogen) atoms. The minimum atomic E-state index is -4.48. The Morgan fingerprint density at radius 3 is 2.50 bits per heavy atom. The third-order valence-corrected chi connectivity index (χ3v) is 2.07. The maximum atomic E-state index is 12.3. The molecule has 3 nitrogen and oxygen atoms in total. The number of anilines is 1. The highest BCUT2D eigenvalue weighted by Crippen LogP contribution is 2.37. The fourth-order valence-electron chi connectivity index (χ4n) is 0.853. The Morgan fingerprint density at radius 2 is 2.07 bits per heavy atom. The third kappa shape index (κ3) is 2.09. The van der Waals surface area contributed by atoms with Crippen molar-refractivity contribution < 1.29 is 17.9 Å². The zero-order valence-corrected chi connectivity index (χ0v) is 8.61. The van der Waals surface area contributed by atoms with Gasteiger partial charge in [0.25, 0.3) is 0 Å². The average molecular weight is 271 g/mol. The lowest BCUT2D eigenvalue weighted by Gasteiger charge is -2.11. The van der Waals surface area contributed by atoms with Crippen molar-refractivity contribution in [2.75, 3.05) is 12.8 Å². The van der Waals surface area contributed by atoms with Crippen LogP contribution in [0.4, 0.5) is 18.9 Å². The minimum Gasteiger partial charge on any atom is -0.480 e. The molecule has 0 aliphatic heterocycles. The smallest absolute Gasteiger partial charge is 0.419 e. The molecule has 0 saturated carbocycles. The molecule has 2 N–H and O–H groups in total. The molecule has 0 radical (unpaired) electrons. The Morgan fingerprint density at radius 1 is 1.50 bits per heavy atom. The van der Waals surface area contributed by atoms with E-state index in [4.69, 9.17) is 5.73 Å². The van der Waals surface area contributed by atoms with Crippen molar-refractivity contribution in [2.45, 2.75) is 6.18 Å². The standard InChI is InChI=1S/C7H6BrF3N2O/c1-14-6-4(12)2-3(5(8)13-6)7(9,10)11/h2H,12H2,1H3. The van der Waals surface area contributed by atoms with Crippen molar-refractivity contribution in [2.24, 2.45) is 0 Å². The topological polar surface area (TPSA) is 48.1 Å². The van der Waals surface area contributed by atoms with Gasteiger partial charge in [-0.3, -0.25) is 0 Å². The van der Waals surface area contributed by atoms with Crippen LogP contribution >= 0.6 is 15.9 Å². The first-order valence-corrected chi connectivity index (χ1v) is 4.22. The summed E-state index contributed by atoms with van der Waals surface area (Å²) in [5.74, 6) is -0.0372. The monoisotopic (exact) mass is 270 g/mol. The lowest BCUT2D eigenvalue weighted by Crippen LogP contribution is -2.09. The van der Waals surface area contributed by atoms with E-state index in [1.165, 1.54) is 7.11 Å². The van der Waals surface area contributed by atoms with Gasteiger partial charge in [-0.05, 0) is 22.0 Å². The van der Waals surface area contributed by atoms with Crippen LogP contribution in [0.1, 0.15) is 5.56 Å². The molecule has 1 aromatic heterocycles. The number of methoxy groups -OCH3 is 1. The Labute approximate surface area is 86.2 Å². The van der Waals surface area contributed by atoms with Crippen LogP contribution in [0.3, 0.4) is 0 Å². The SMILES string of the molecule is COc1nc(Br)c(C(F)(F)F)cc1N. The molecule has 1 aromatic rings. The van der Waals surface area contributed by atoms with Gasteiger partial charge in [0.15, 0.2) is 0 Å². The Bertz CT molecular complexity index is 354. The van der Waals surface area contributed by atoms with E-state index in [9.17, 15) is 13.2 Å². The van der Waals surface area contributed by atoms with Gasteiger partial charge < -0.3 is 10.5 Å². The van der Waals surface area contributed by atoms with Crippen molar-refractivity contribution in [3.8, 4) is 5.88 Å². The summed E-state index contributed by atoms with van der Waals surface area (Å²) in [7, 11) is 1.28. The van der Waals surface area contributed by atoms with Crippen LogP contribution in [0.2, 0.25) is 0 Å². The highest BCUT2D eigenvalue weighted by Gasteiger charge is 2.34. The second-order valence-corrected chi connectivity index (χ2v) is 3.17. The number of halogens is 4. The Kier molecular flexibility index (Phi) is 2.89. The van der Waals surface area contributed by atoms with Crippen molar-refractivity contribution in [3.05, 3.63) is 16.2 Å². The summed E-state index contributed by atoms with van der Waals surface area (Å²) in [4.78, 5) is 3.51. The minimum absolute atomic E-state index is 0.0372. The second kappa shape index (κ2) is 3.64. The molecule has 0 aromatic carbocycles. The molecule has 1 heterocycles. The molecule has 0 saturated heterocycles. The van der Waals surface area contributed by atoms with E-state index in [-0.39, 0.29) is 16.2 Å². The predicted octanol–water partition coefficient (Wildman–Crippen LogP) is 2.45. The fraction of sp³-hybridized carbons (Fsp3) is 0.286. The zero-order valence-electron chi connectivity index (χ0n) is 7.02. The highest BCUT2D eigenvalue weighted by atomic mass is 79.9. The summed E-state index contributed by atoms with van der Waals surface area (Å²) >= 11 is 2.69. The van der Waals surface area contributed by atoms with Gasteiger partial charge in [-0.2, -0.15) is 13.2 Å². The number of pyridine rings is 1. The summed E-state index contributed by atoms with van der Waals surface area (Å²) in [6.07, 6.45) is -4.48. The molecule has 0 atom stereocenters. The van der Waals surface area contributed by atoms with Crippen LogP contribution in [0.5, 0.6) is 5.88 Å². The number of ether oxygens (including phenoxy) is 1. The van der Waals surface area contributed by atoms with Crippen molar-refractivity contribution in [3.63, 3.8) is 0 Å². The number of rotatable bonds is 1. The number of nitrogens with zero attached hydrogens (tertiary/aromatic N) is 1. The van der Waals surface area contributed by atoms with E-state index in [2.05, 4.69) is 25.7 Å². The van der Waals surface area contributed by atoms with E-state index in [1.807, 2.05) is 0 Å². The van der Waals surface area contributed by atoms with Gasteiger partial charge in [0.1, 0.15) is 4.60 Å². The summed E-state index contributed by atoms with van der Waals surface area (Å²) in [5, 5.41) is 0. The molecule has 7 heteroatoms. The molecule has 0 unspecified atom stereocenters. The van der Waals surface area contributed by atoms with Crippen molar-refractivity contribution >= 4 is 21.6 Å². The first-order valence-electron chi connectivity index (χ1n) is 3.43. The van der Waals surface area contributed by atoms with Gasteiger partial charge in [0.05, 0.1) is 18.4 Å². The van der Waals surface area contributed by atoms with E-state index in [1.54, 1.807) is 0 Å². The molecule has 1 rings (SSSR count). The fourth-order valence-corrected chi connectivity index (χ4v) is 1.35. The first kappa shape index (κ1) is 11.1. The van der Waals surface area contributed by atoms with Crippen LogP contribution in [0, 0.1) is 0 Å². The van der Waals surface area contributed by atoms with E-state index >= 15 is 0 Å². The summed E-state index contributed by atoms with van der Waals surface area (Å²) in [6.45, 7) is 0. The Balaban J connectivity index is 3.29. The molecule has 0 spiro atoms. The van der Waals surface area contributed by atoms with Crippen molar-refractivity contribution in [1.29, 1.82) is 0 Å². The lowest BCUT2D eigenvalue weighted by molar-refractivity contribution is -0.138. The highest BCUT2D eigenvalue weighted by molar-refractivity contribution is 9.10. The largest absolute Gasteiger partial charge is 0.480 e. The van der Waals surface area contributed by atoms with Gasteiger partial charge in [0, 0.05) is 0 Å². The molecule has 0 aliphatic rings. The maximum Gasteiger partial charge on any atom is 0.419 e. The molecule has 0 bridgehead atoms. The molecule has 0 aliphatic carbocycles. The van der Waals surface area contributed by atoms with Gasteiger partial charge in [-0.25, -0.2) is 4.98 Å². The van der Waals surface area contributed by atoms with Crippen LogP contribution < -0.4 is 10.5 Å². The first-order chi connectivity index (χ1) is 6.36. The summed E-state index contributed by atoms with van der Waals surface area (Å²) < 4.78 is 41.2. The van der Waals surface area contributed by atoms with Gasteiger partial charge in [0.2, 0.25) is 5.88 Å². The normalized spacial score (nSPS) is 11.5. The second-order valence-electron chi connectivity index (χ2n) is 2.42. The van der Waals surface area contributed by atoms with E-state index in [0.717, 1.165) is 6.07 Å². The quantitative estimate of drug-likeness (QED) is 0.798. The molecule has 78 valence electrons. The number of nitrogen functional groups attached to an aromatic ring is 1. The molecule has 0 amide bonds. The lowest BCUT2D eigenvalue weighted by atomic mass is 10.2. The summed E-state index contributed by atoms with van der Waals surface area (Å²) in [6, 6.07) is 0.774. The van der Waals surface area contributed by atoms with E-state index < -0.39 is 11.7 Å². The third-order valence-electron chi connectivity index (χ3n) is 1.47. The summed E-state index contributed by atoms with van der Waals surface area (Å²) in [5.41, 5.74) is 4.22. The zero-order chi connectivity index (χ0) is 10.9. The van der Waals surface area contributed by atoms with Gasteiger partial charge in [-0.1, -0.05) is 0 Å². The molecular weight excluding hydrogens is 265 g/mol. The molecule has 0 fully saturated rings. The van der Waals surface area contributed by atoms with E-state index in [0.29, 0.717) is 0 Å². The average Bonchev–Trinajstić information content (AvgIpc) is 2.06. The number of hydrogen-bond acceptors (Lipinski definition) is 3. The molecular formula is C7H6BrF3N2O. The number of aromatic nitrogens is 1. The van der Waals surface area contributed by atoms with Crippen LogP contribution in [-0.2, 0) is 6.18 Å².